The summed E-state index contributed by atoms with van der Waals surface area (Å²) in [6, 6.07) is 1.37. The molecule has 0 radical (unpaired) electrons. The number of hydrogen-bond acceptors (Lipinski definition) is 2. The summed E-state index contributed by atoms with van der Waals surface area (Å²) in [6.07, 6.45) is 3.58. The van der Waals surface area contributed by atoms with Crippen LogP contribution < -0.4 is 5.32 Å². The van der Waals surface area contributed by atoms with Crippen molar-refractivity contribution in [1.82, 2.24) is 10.2 Å². The van der Waals surface area contributed by atoms with E-state index in [1.807, 2.05) is 6.92 Å². The minimum absolute atomic E-state index is 0.682. The van der Waals surface area contributed by atoms with Crippen molar-refractivity contribution in [3.05, 3.63) is 0 Å². The van der Waals surface area contributed by atoms with E-state index in [-0.39, 0.29) is 0 Å². The molecule has 98 valence electrons. The maximum absolute atomic E-state index is 3.69. The van der Waals surface area contributed by atoms with Crippen LogP contribution >= 0.6 is 0 Å². The Morgan fingerprint density at radius 1 is 1.41 bits per heavy atom. The highest BCUT2D eigenvalue weighted by Gasteiger charge is 2.28. The molecular formula is C15H28N2. The first-order valence-electron chi connectivity index (χ1n) is 7.06. The molecule has 0 aromatic carbocycles. The molecule has 1 heterocycles. The van der Waals surface area contributed by atoms with Crippen LogP contribution in [0.4, 0.5) is 0 Å². The smallest absolute Gasteiger partial charge is 0.0244 e. The van der Waals surface area contributed by atoms with Crippen molar-refractivity contribution in [1.29, 1.82) is 0 Å². The summed E-state index contributed by atoms with van der Waals surface area (Å²) < 4.78 is 0. The van der Waals surface area contributed by atoms with E-state index >= 15 is 0 Å². The van der Waals surface area contributed by atoms with Gasteiger partial charge in [-0.2, -0.15) is 0 Å². The van der Waals surface area contributed by atoms with Crippen LogP contribution in [0.25, 0.3) is 0 Å². The highest BCUT2D eigenvalue weighted by atomic mass is 15.2. The lowest BCUT2D eigenvalue weighted by molar-refractivity contribution is 0.0981. The molecule has 2 atom stereocenters. The van der Waals surface area contributed by atoms with E-state index in [0.29, 0.717) is 12.1 Å². The summed E-state index contributed by atoms with van der Waals surface area (Å²) in [7, 11) is 0. The molecule has 1 saturated heterocycles. The summed E-state index contributed by atoms with van der Waals surface area (Å²) in [4.78, 5) is 2.64. The van der Waals surface area contributed by atoms with Crippen LogP contribution in [0.15, 0.2) is 0 Å². The van der Waals surface area contributed by atoms with Gasteiger partial charge in [0.2, 0.25) is 0 Å². The number of piperazine rings is 1. The second-order valence-corrected chi connectivity index (χ2v) is 5.38. The second-order valence-electron chi connectivity index (χ2n) is 5.38. The average molecular weight is 236 g/mol. The zero-order valence-corrected chi connectivity index (χ0v) is 11.9. The zero-order chi connectivity index (χ0) is 12.7. The summed E-state index contributed by atoms with van der Waals surface area (Å²) in [5.41, 5.74) is 0. The molecule has 1 fully saturated rings. The fourth-order valence-corrected chi connectivity index (χ4v) is 2.68. The van der Waals surface area contributed by atoms with Crippen LogP contribution in [0, 0.1) is 17.8 Å². The first-order chi connectivity index (χ1) is 8.19. The Bertz CT molecular complexity index is 262. The SMILES string of the molecule is CC#CCCN1CC(CCC)NCC1C(C)C. The van der Waals surface area contributed by atoms with Gasteiger partial charge in [0, 0.05) is 38.1 Å². The summed E-state index contributed by atoms with van der Waals surface area (Å²) in [5, 5.41) is 3.69. The van der Waals surface area contributed by atoms with E-state index in [2.05, 4.69) is 42.8 Å². The predicted molar refractivity (Wildman–Crippen MR) is 75.0 cm³/mol. The van der Waals surface area contributed by atoms with E-state index < -0.39 is 0 Å². The Labute approximate surface area is 107 Å². The van der Waals surface area contributed by atoms with Crippen LogP contribution in [0.2, 0.25) is 0 Å². The van der Waals surface area contributed by atoms with Crippen LogP contribution in [-0.2, 0) is 0 Å². The van der Waals surface area contributed by atoms with Crippen molar-refractivity contribution >= 4 is 0 Å². The number of nitrogens with one attached hydrogen (secondary N) is 1. The molecule has 0 aliphatic carbocycles. The van der Waals surface area contributed by atoms with Crippen LogP contribution in [0.1, 0.15) is 47.0 Å². The Morgan fingerprint density at radius 3 is 2.76 bits per heavy atom. The lowest BCUT2D eigenvalue weighted by Crippen LogP contribution is -2.58. The van der Waals surface area contributed by atoms with Crippen LogP contribution in [0.5, 0.6) is 0 Å². The van der Waals surface area contributed by atoms with Gasteiger partial charge in [-0.05, 0) is 19.3 Å². The van der Waals surface area contributed by atoms with Gasteiger partial charge in [0.05, 0.1) is 0 Å². The van der Waals surface area contributed by atoms with E-state index in [9.17, 15) is 0 Å². The van der Waals surface area contributed by atoms with Gasteiger partial charge in [0.15, 0.2) is 0 Å². The third-order valence-corrected chi connectivity index (χ3v) is 3.65. The molecule has 2 heteroatoms. The Balaban J connectivity index is 2.51. The van der Waals surface area contributed by atoms with E-state index in [1.54, 1.807) is 0 Å². The first-order valence-corrected chi connectivity index (χ1v) is 7.06. The van der Waals surface area contributed by atoms with E-state index in [0.717, 1.165) is 25.4 Å². The molecule has 0 saturated carbocycles. The molecule has 17 heavy (non-hydrogen) atoms. The van der Waals surface area contributed by atoms with Crippen molar-refractivity contribution in [2.24, 2.45) is 5.92 Å². The number of rotatable bonds is 5. The lowest BCUT2D eigenvalue weighted by Gasteiger charge is -2.42. The minimum atomic E-state index is 0.682. The van der Waals surface area contributed by atoms with Gasteiger partial charge in [-0.25, -0.2) is 0 Å². The molecular weight excluding hydrogens is 208 g/mol. The second kappa shape index (κ2) is 7.74. The highest BCUT2D eigenvalue weighted by Crippen LogP contribution is 2.17. The van der Waals surface area contributed by atoms with Crippen molar-refractivity contribution in [3.8, 4) is 11.8 Å². The fourth-order valence-electron chi connectivity index (χ4n) is 2.68. The standard InChI is InChI=1S/C15H28N2/c1-5-7-8-10-17-12-14(9-6-2)16-11-15(17)13(3)4/h13-16H,6,8-12H2,1-4H3. The van der Waals surface area contributed by atoms with Gasteiger partial charge in [-0.1, -0.05) is 27.2 Å². The van der Waals surface area contributed by atoms with Gasteiger partial charge in [-0.15, -0.1) is 11.8 Å². The van der Waals surface area contributed by atoms with Crippen molar-refractivity contribution in [2.45, 2.75) is 59.0 Å². The van der Waals surface area contributed by atoms with Crippen LogP contribution in [0.3, 0.4) is 0 Å². The monoisotopic (exact) mass is 236 g/mol. The maximum atomic E-state index is 3.69. The summed E-state index contributed by atoms with van der Waals surface area (Å²) >= 11 is 0. The van der Waals surface area contributed by atoms with Gasteiger partial charge in [0.1, 0.15) is 0 Å². The Hall–Kier alpha value is -0.520. The van der Waals surface area contributed by atoms with Gasteiger partial charge in [-0.3, -0.25) is 4.90 Å². The molecule has 2 unspecified atom stereocenters. The lowest BCUT2D eigenvalue weighted by atomic mass is 9.97. The topological polar surface area (TPSA) is 15.3 Å². The number of nitrogens with zero attached hydrogens (tertiary/aromatic N) is 1. The quantitative estimate of drug-likeness (QED) is 0.738. The van der Waals surface area contributed by atoms with Crippen molar-refractivity contribution < 1.29 is 0 Å². The van der Waals surface area contributed by atoms with E-state index in [1.165, 1.54) is 19.4 Å². The van der Waals surface area contributed by atoms with Gasteiger partial charge < -0.3 is 5.32 Å². The van der Waals surface area contributed by atoms with Gasteiger partial charge >= 0.3 is 0 Å². The molecule has 1 aliphatic heterocycles. The van der Waals surface area contributed by atoms with Crippen molar-refractivity contribution in [2.75, 3.05) is 19.6 Å². The molecule has 0 spiro atoms. The Morgan fingerprint density at radius 2 is 2.18 bits per heavy atom. The minimum Gasteiger partial charge on any atom is -0.311 e. The third kappa shape index (κ3) is 4.69. The largest absolute Gasteiger partial charge is 0.311 e. The fraction of sp³-hybridized carbons (Fsp3) is 0.867. The molecule has 0 aromatic rings. The van der Waals surface area contributed by atoms with E-state index in [4.69, 9.17) is 0 Å². The average Bonchev–Trinajstić information content (AvgIpc) is 2.30. The Kier molecular flexibility index (Phi) is 6.62. The molecule has 0 bridgehead atoms. The normalized spacial score (nSPS) is 25.7. The molecule has 0 amide bonds. The molecule has 1 N–H and O–H groups in total. The molecule has 1 aliphatic rings. The van der Waals surface area contributed by atoms with Crippen molar-refractivity contribution in [3.63, 3.8) is 0 Å². The first kappa shape index (κ1) is 14.5. The number of hydrogen-bond donors (Lipinski definition) is 1. The molecule has 2 nitrogen and oxygen atoms in total. The predicted octanol–water partition coefficient (Wildman–Crippen LogP) is 2.50. The third-order valence-electron chi connectivity index (χ3n) is 3.65. The maximum Gasteiger partial charge on any atom is 0.0244 e. The molecule has 1 rings (SSSR count). The summed E-state index contributed by atoms with van der Waals surface area (Å²) in [5.74, 6) is 6.91. The zero-order valence-electron chi connectivity index (χ0n) is 11.9. The van der Waals surface area contributed by atoms with Crippen LogP contribution in [-0.4, -0.2) is 36.6 Å². The molecule has 0 aromatic heterocycles. The summed E-state index contributed by atoms with van der Waals surface area (Å²) in [6.45, 7) is 12.3. The van der Waals surface area contributed by atoms with Gasteiger partial charge in [0.25, 0.3) is 0 Å². The highest BCUT2D eigenvalue weighted by molar-refractivity contribution is 4.97.